The highest BCUT2D eigenvalue weighted by Gasteiger charge is 2.48. The summed E-state index contributed by atoms with van der Waals surface area (Å²) >= 11 is 0. The van der Waals surface area contributed by atoms with Gasteiger partial charge in [-0.3, -0.25) is 4.79 Å². The van der Waals surface area contributed by atoms with Crippen LogP contribution in [0.2, 0.25) is 0 Å². The Labute approximate surface area is 197 Å². The molecule has 0 bridgehead atoms. The molecule has 0 aromatic heterocycles. The summed E-state index contributed by atoms with van der Waals surface area (Å²) in [5.74, 6) is -0.276. The fraction of sp³-hybridized carbons (Fsp3) is 0.950. The van der Waals surface area contributed by atoms with Crippen LogP contribution in [-0.2, 0) is 23.7 Å². The van der Waals surface area contributed by atoms with Gasteiger partial charge in [0.05, 0.1) is 24.9 Å². The summed E-state index contributed by atoms with van der Waals surface area (Å²) in [5, 5.41) is 43.3. The van der Waals surface area contributed by atoms with Crippen LogP contribution in [0.5, 0.6) is 0 Å². The van der Waals surface area contributed by atoms with Crippen LogP contribution in [0.15, 0.2) is 0 Å². The highest BCUT2D eigenvalue weighted by Crippen LogP contribution is 2.30. The molecule has 13 atom stereocenters. The van der Waals surface area contributed by atoms with Crippen molar-refractivity contribution < 1.29 is 44.2 Å². The summed E-state index contributed by atoms with van der Waals surface area (Å²) in [7, 11) is 0. The predicted molar refractivity (Wildman–Crippen MR) is 117 cm³/mol. The lowest BCUT2D eigenvalue weighted by Crippen LogP contribution is -2.66. The Morgan fingerprint density at radius 2 is 1.53 bits per heavy atom. The van der Waals surface area contributed by atoms with E-state index in [-0.39, 0.29) is 31.7 Å². The molecule has 0 radical (unpaired) electrons. The summed E-state index contributed by atoms with van der Waals surface area (Å²) in [6, 6.07) is -2.71. The number of nitrogens with one attached hydrogen (secondary N) is 1. The van der Waals surface area contributed by atoms with Crippen molar-refractivity contribution in [3.63, 3.8) is 0 Å². The molecule has 14 heteroatoms. The molecule has 0 aromatic carbocycles. The molecule has 3 rings (SSSR count). The van der Waals surface area contributed by atoms with E-state index < -0.39 is 86.1 Å². The van der Waals surface area contributed by atoms with Gasteiger partial charge in [0.2, 0.25) is 5.91 Å². The van der Waals surface area contributed by atoms with Gasteiger partial charge in [-0.2, -0.15) is 0 Å². The molecule has 2 heterocycles. The third kappa shape index (κ3) is 6.40. The van der Waals surface area contributed by atoms with Crippen molar-refractivity contribution in [1.82, 2.24) is 5.32 Å². The second-order valence-electron chi connectivity index (χ2n) is 9.38. The molecular weight excluding hydrogens is 454 g/mol. The van der Waals surface area contributed by atoms with Crippen LogP contribution in [0.25, 0.3) is 0 Å². The summed E-state index contributed by atoms with van der Waals surface area (Å²) < 4.78 is 23.2. The standard InChI is InChI=1S/C20H39N5O9/c1-7(27)25-5-13-12(28)3-11(24)20(32-13)34-19-10(23)2-9(22)18(17(19)30)33-15-4-8(21)16(29)14(6-26)31-15/h8-20,26,28-30H,2-6,21-24H2,1H3,(H,25,27)/t8-,9-,10+,11-,12+,13-,14-,15-,16+,17-,18+,19-,20-/m1/s1. The van der Waals surface area contributed by atoms with Crippen LogP contribution in [0.4, 0.5) is 0 Å². The van der Waals surface area contributed by atoms with E-state index >= 15 is 0 Å². The van der Waals surface area contributed by atoms with Crippen LogP contribution in [-0.4, -0.2) is 119 Å². The SMILES string of the molecule is CC(=O)NC[C@H]1O[C@H](O[C@H]2[C@H](O)[C@@H](O[C@@H]3C[C@@H](N)[C@H](O)[C@@H](CO)O3)[C@H](N)C[C@@H]2N)[C@H](N)C[C@@H]1O. The number of nitrogens with two attached hydrogens (primary N) is 4. The number of carbonyl (C=O) groups is 1. The first-order chi connectivity index (χ1) is 16.0. The Balaban J connectivity index is 1.65. The van der Waals surface area contributed by atoms with Crippen molar-refractivity contribution in [2.24, 2.45) is 22.9 Å². The lowest BCUT2D eigenvalue weighted by molar-refractivity contribution is -0.295. The maximum atomic E-state index is 11.2. The first-order valence-corrected chi connectivity index (χ1v) is 11.6. The van der Waals surface area contributed by atoms with Gasteiger partial charge in [-0.25, -0.2) is 0 Å². The third-order valence-electron chi connectivity index (χ3n) is 6.61. The van der Waals surface area contributed by atoms with E-state index in [9.17, 15) is 25.2 Å². The van der Waals surface area contributed by atoms with E-state index in [0.717, 1.165) is 0 Å². The molecule has 198 valence electrons. The van der Waals surface area contributed by atoms with E-state index in [1.54, 1.807) is 0 Å². The molecule has 34 heavy (non-hydrogen) atoms. The maximum Gasteiger partial charge on any atom is 0.216 e. The summed E-state index contributed by atoms with van der Waals surface area (Å²) in [4.78, 5) is 11.2. The molecule has 0 aromatic rings. The monoisotopic (exact) mass is 493 g/mol. The largest absolute Gasteiger partial charge is 0.394 e. The number of hydrogen-bond donors (Lipinski definition) is 9. The molecule has 1 amide bonds. The number of ether oxygens (including phenoxy) is 4. The number of hydrogen-bond acceptors (Lipinski definition) is 13. The van der Waals surface area contributed by atoms with E-state index in [0.29, 0.717) is 0 Å². The fourth-order valence-corrected chi connectivity index (χ4v) is 4.64. The Kier molecular flexibility index (Phi) is 9.58. The predicted octanol–water partition coefficient (Wildman–Crippen LogP) is -5.09. The van der Waals surface area contributed by atoms with E-state index in [4.69, 9.17) is 41.9 Å². The lowest BCUT2D eigenvalue weighted by Gasteiger charge is -2.47. The molecule has 13 N–H and O–H groups in total. The van der Waals surface area contributed by atoms with Gasteiger partial charge in [0.25, 0.3) is 0 Å². The number of aliphatic hydroxyl groups is 4. The maximum absolute atomic E-state index is 11.2. The fourth-order valence-electron chi connectivity index (χ4n) is 4.64. The van der Waals surface area contributed by atoms with Crippen molar-refractivity contribution in [2.45, 2.75) is 106 Å². The second-order valence-corrected chi connectivity index (χ2v) is 9.38. The van der Waals surface area contributed by atoms with Gasteiger partial charge in [-0.1, -0.05) is 0 Å². The van der Waals surface area contributed by atoms with Crippen molar-refractivity contribution in [1.29, 1.82) is 0 Å². The average molecular weight is 494 g/mol. The zero-order valence-electron chi connectivity index (χ0n) is 19.2. The summed E-state index contributed by atoms with van der Waals surface area (Å²) in [5.41, 5.74) is 24.5. The average Bonchev–Trinajstić information content (AvgIpc) is 2.76. The molecule has 2 aliphatic heterocycles. The van der Waals surface area contributed by atoms with Crippen molar-refractivity contribution in [2.75, 3.05) is 13.2 Å². The zero-order valence-corrected chi connectivity index (χ0v) is 19.2. The van der Waals surface area contributed by atoms with Crippen LogP contribution >= 0.6 is 0 Å². The first-order valence-electron chi connectivity index (χ1n) is 11.6. The van der Waals surface area contributed by atoms with Crippen molar-refractivity contribution in [3.8, 4) is 0 Å². The Hall–Kier alpha value is -1.01. The molecule has 3 aliphatic rings. The van der Waals surface area contributed by atoms with Gasteiger partial charge in [0.1, 0.15) is 30.5 Å². The van der Waals surface area contributed by atoms with Gasteiger partial charge in [-0.15, -0.1) is 0 Å². The molecule has 14 nitrogen and oxygen atoms in total. The van der Waals surface area contributed by atoms with Crippen LogP contribution < -0.4 is 28.3 Å². The highest BCUT2D eigenvalue weighted by atomic mass is 16.7. The number of aliphatic hydroxyl groups excluding tert-OH is 4. The van der Waals surface area contributed by atoms with Gasteiger partial charge in [0.15, 0.2) is 12.6 Å². The number of rotatable bonds is 7. The minimum absolute atomic E-state index is 0.0656. The molecule has 3 fully saturated rings. The van der Waals surface area contributed by atoms with Gasteiger partial charge >= 0.3 is 0 Å². The molecule has 1 saturated carbocycles. The smallest absolute Gasteiger partial charge is 0.216 e. The minimum atomic E-state index is -1.28. The molecule has 2 saturated heterocycles. The number of carbonyl (C=O) groups excluding carboxylic acids is 1. The summed E-state index contributed by atoms with van der Waals surface area (Å²) in [6.45, 7) is 0.964. The third-order valence-corrected chi connectivity index (χ3v) is 6.61. The van der Waals surface area contributed by atoms with Crippen LogP contribution in [0.3, 0.4) is 0 Å². The van der Waals surface area contributed by atoms with Gasteiger partial charge in [-0.05, 0) is 12.8 Å². The van der Waals surface area contributed by atoms with E-state index in [2.05, 4.69) is 5.32 Å². The normalized spacial score (nSPS) is 47.9. The highest BCUT2D eigenvalue weighted by molar-refractivity contribution is 5.72. The Morgan fingerprint density at radius 1 is 0.882 bits per heavy atom. The zero-order chi connectivity index (χ0) is 25.2. The molecule has 1 aliphatic carbocycles. The van der Waals surface area contributed by atoms with E-state index in [1.165, 1.54) is 6.92 Å². The minimum Gasteiger partial charge on any atom is -0.394 e. The van der Waals surface area contributed by atoms with Crippen LogP contribution in [0.1, 0.15) is 26.2 Å². The lowest BCUT2D eigenvalue weighted by atomic mass is 9.84. The van der Waals surface area contributed by atoms with Gasteiger partial charge in [0, 0.05) is 38.0 Å². The van der Waals surface area contributed by atoms with Crippen LogP contribution in [0, 0.1) is 0 Å². The van der Waals surface area contributed by atoms with Crippen molar-refractivity contribution in [3.05, 3.63) is 0 Å². The Morgan fingerprint density at radius 3 is 2.15 bits per heavy atom. The molecule has 0 unspecified atom stereocenters. The second kappa shape index (κ2) is 11.8. The van der Waals surface area contributed by atoms with Crippen molar-refractivity contribution >= 4 is 5.91 Å². The quantitative estimate of drug-likeness (QED) is 0.161. The Bertz CT molecular complexity index is 678. The van der Waals surface area contributed by atoms with E-state index in [1.807, 2.05) is 0 Å². The number of amides is 1. The topological polar surface area (TPSA) is 251 Å². The van der Waals surface area contributed by atoms with Gasteiger partial charge < -0.3 is 67.6 Å². The summed E-state index contributed by atoms with van der Waals surface area (Å²) in [6.07, 6.45) is -8.21. The molecular formula is C20H39N5O9. The first kappa shape index (κ1) is 27.6. The molecule has 0 spiro atoms.